The first-order chi connectivity index (χ1) is 12.5. The highest BCUT2D eigenvalue weighted by molar-refractivity contribution is 7.10. The van der Waals surface area contributed by atoms with Gasteiger partial charge in [0.05, 0.1) is 0 Å². The molecule has 0 aliphatic heterocycles. The average molecular weight is 364 g/mol. The summed E-state index contributed by atoms with van der Waals surface area (Å²) in [5.74, 6) is 0.263. The van der Waals surface area contributed by atoms with Crippen LogP contribution in [-0.4, -0.2) is 16.3 Å². The van der Waals surface area contributed by atoms with Crippen molar-refractivity contribution in [2.45, 2.75) is 26.3 Å². The third-order valence-corrected chi connectivity index (χ3v) is 5.20. The Balaban J connectivity index is 1.66. The van der Waals surface area contributed by atoms with Crippen molar-refractivity contribution in [3.05, 3.63) is 69.5 Å². The van der Waals surface area contributed by atoms with Gasteiger partial charge in [-0.15, -0.1) is 0 Å². The summed E-state index contributed by atoms with van der Waals surface area (Å²) < 4.78 is 2.74. The quantitative estimate of drug-likeness (QED) is 0.380. The van der Waals surface area contributed by atoms with E-state index < -0.39 is 0 Å². The molecule has 2 aromatic carbocycles. The lowest BCUT2D eigenvalue weighted by molar-refractivity contribution is 0.834. The maximum Gasteiger partial charge on any atom is 0.271 e. The van der Waals surface area contributed by atoms with E-state index in [0.29, 0.717) is 10.6 Å². The molecule has 1 aromatic heterocycles. The number of aliphatic imine (C=N–C) groups is 1. The molecule has 0 radical (unpaired) electrons. The van der Waals surface area contributed by atoms with E-state index in [4.69, 9.17) is 5.73 Å². The Labute approximate surface area is 155 Å². The number of nitrogens with two attached hydrogens (primary N) is 1. The lowest BCUT2D eigenvalue weighted by Crippen LogP contribution is -2.23. The number of hydrogen-bond acceptors (Lipinski definition) is 4. The summed E-state index contributed by atoms with van der Waals surface area (Å²) in [6.45, 7) is 3.86. The van der Waals surface area contributed by atoms with Gasteiger partial charge in [0.15, 0.2) is 0 Å². The molecule has 0 amide bonds. The van der Waals surface area contributed by atoms with Crippen molar-refractivity contribution >= 4 is 28.1 Å². The molecule has 3 aromatic rings. The molecule has 4 rings (SSSR count). The maximum absolute atomic E-state index is 12.1. The summed E-state index contributed by atoms with van der Waals surface area (Å²) in [4.78, 5) is 16.5. The largest absolute Gasteiger partial charge is 0.383 e. The number of benzene rings is 2. The predicted octanol–water partition coefficient (Wildman–Crippen LogP) is 3.86. The van der Waals surface area contributed by atoms with Crippen LogP contribution in [0.4, 0.5) is 10.7 Å². The molecule has 0 atom stereocenters. The van der Waals surface area contributed by atoms with Crippen LogP contribution >= 0.6 is 11.5 Å². The first kappa shape index (κ1) is 16.6. The fourth-order valence-corrected chi connectivity index (χ4v) is 4.08. The van der Waals surface area contributed by atoms with Crippen molar-refractivity contribution in [3.8, 4) is 11.1 Å². The number of fused-ring (bicyclic) bond motifs is 3. The molecule has 0 saturated heterocycles. The lowest BCUT2D eigenvalue weighted by Gasteiger charge is -2.09. The molecule has 132 valence electrons. The van der Waals surface area contributed by atoms with E-state index in [1.54, 1.807) is 0 Å². The van der Waals surface area contributed by atoms with Gasteiger partial charge < -0.3 is 11.1 Å². The van der Waals surface area contributed by atoms with Gasteiger partial charge in [0, 0.05) is 11.7 Å². The molecular weight excluding hydrogens is 344 g/mol. The van der Waals surface area contributed by atoms with E-state index >= 15 is 0 Å². The molecule has 1 aliphatic carbocycles. The number of H-pyrrole nitrogens is 1. The molecule has 0 fully saturated rings. The van der Waals surface area contributed by atoms with Crippen molar-refractivity contribution in [1.29, 1.82) is 0 Å². The van der Waals surface area contributed by atoms with Gasteiger partial charge in [0.25, 0.3) is 5.56 Å². The van der Waals surface area contributed by atoms with Crippen molar-refractivity contribution in [3.63, 3.8) is 0 Å². The summed E-state index contributed by atoms with van der Waals surface area (Å²) in [6.07, 6.45) is 0.925. The lowest BCUT2D eigenvalue weighted by atomic mass is 10.1. The second kappa shape index (κ2) is 6.46. The topological polar surface area (TPSA) is 83.3 Å². The van der Waals surface area contributed by atoms with Crippen LogP contribution < -0.4 is 16.6 Å². The Morgan fingerprint density at radius 2 is 1.96 bits per heavy atom. The molecule has 1 heterocycles. The number of hydrogen-bond donors (Lipinski definition) is 3. The summed E-state index contributed by atoms with van der Waals surface area (Å²) >= 11 is 1.24. The van der Waals surface area contributed by atoms with Crippen LogP contribution in [0.1, 0.15) is 30.5 Å². The number of amidine groups is 1. The third kappa shape index (κ3) is 2.93. The number of aromatic nitrogens is 1. The van der Waals surface area contributed by atoms with Gasteiger partial charge in [0.2, 0.25) is 0 Å². The molecule has 0 spiro atoms. The third-order valence-electron chi connectivity index (χ3n) is 4.40. The molecule has 1 aliphatic rings. The normalized spacial score (nSPS) is 13.0. The summed E-state index contributed by atoms with van der Waals surface area (Å²) in [7, 11) is 0. The Kier molecular flexibility index (Phi) is 4.12. The zero-order valence-corrected chi connectivity index (χ0v) is 15.5. The Bertz CT molecular complexity index is 1060. The van der Waals surface area contributed by atoms with Crippen LogP contribution in [0.2, 0.25) is 0 Å². The van der Waals surface area contributed by atoms with Crippen LogP contribution in [0.25, 0.3) is 11.1 Å². The van der Waals surface area contributed by atoms with Gasteiger partial charge in [-0.05, 0) is 66.2 Å². The average Bonchev–Trinajstić information content (AvgIpc) is 3.14. The molecule has 4 N–H and O–H groups in total. The molecule has 5 nitrogen and oxygen atoms in total. The molecule has 6 heteroatoms. The second-order valence-electron chi connectivity index (χ2n) is 6.68. The van der Waals surface area contributed by atoms with E-state index in [2.05, 4.69) is 51.1 Å². The zero-order chi connectivity index (χ0) is 18.3. The van der Waals surface area contributed by atoms with Crippen LogP contribution in [0.5, 0.6) is 0 Å². The van der Waals surface area contributed by atoms with Crippen LogP contribution in [0.3, 0.4) is 0 Å². The number of rotatable bonds is 4. The van der Waals surface area contributed by atoms with Crippen molar-refractivity contribution in [2.75, 3.05) is 5.32 Å². The molecule has 26 heavy (non-hydrogen) atoms. The van der Waals surface area contributed by atoms with Crippen molar-refractivity contribution in [2.24, 2.45) is 10.7 Å². The van der Waals surface area contributed by atoms with Crippen molar-refractivity contribution < 1.29 is 0 Å². The summed E-state index contributed by atoms with van der Waals surface area (Å²) in [5, 5.41) is 4.02. The van der Waals surface area contributed by atoms with Crippen LogP contribution in [0.15, 0.2) is 52.3 Å². The van der Waals surface area contributed by atoms with Gasteiger partial charge in [-0.3, -0.25) is 14.2 Å². The molecule has 0 bridgehead atoms. The molecule has 0 saturated carbocycles. The van der Waals surface area contributed by atoms with Crippen LogP contribution in [0, 0.1) is 0 Å². The number of nitrogens with zero attached hydrogens (tertiary/aromatic N) is 1. The van der Waals surface area contributed by atoms with Gasteiger partial charge in [-0.1, -0.05) is 30.3 Å². The standard InChI is InChI=1S/C20H20N4OS/c1-11(2)22-18(21)17-19(25)24-26-20(17)23-14-7-8-16-13(10-14)9-12-5-3-4-6-15(12)16/h3-8,10-11,23H,9H2,1-2H3,(H2,21,22)(H,24,25). The first-order valence-corrected chi connectivity index (χ1v) is 9.38. The van der Waals surface area contributed by atoms with E-state index in [1.807, 2.05) is 19.9 Å². The van der Waals surface area contributed by atoms with Gasteiger partial charge >= 0.3 is 0 Å². The maximum atomic E-state index is 12.1. The van der Waals surface area contributed by atoms with Gasteiger partial charge in [-0.25, -0.2) is 0 Å². The number of anilines is 2. The zero-order valence-electron chi connectivity index (χ0n) is 14.7. The fraction of sp³-hybridized carbons (Fsp3) is 0.200. The van der Waals surface area contributed by atoms with Crippen molar-refractivity contribution in [1.82, 2.24) is 4.37 Å². The van der Waals surface area contributed by atoms with Crippen LogP contribution in [-0.2, 0) is 6.42 Å². The van der Waals surface area contributed by atoms with Gasteiger partial charge in [-0.2, -0.15) is 0 Å². The minimum absolute atomic E-state index is 0.0284. The highest BCUT2D eigenvalue weighted by atomic mass is 32.1. The minimum atomic E-state index is -0.215. The van der Waals surface area contributed by atoms with E-state index in [-0.39, 0.29) is 17.4 Å². The Morgan fingerprint density at radius 1 is 1.19 bits per heavy atom. The Morgan fingerprint density at radius 3 is 2.77 bits per heavy atom. The highest BCUT2D eigenvalue weighted by Gasteiger charge is 2.19. The summed E-state index contributed by atoms with van der Waals surface area (Å²) in [6, 6.07) is 14.8. The smallest absolute Gasteiger partial charge is 0.271 e. The highest BCUT2D eigenvalue weighted by Crippen LogP contribution is 2.38. The van der Waals surface area contributed by atoms with Gasteiger partial charge in [0.1, 0.15) is 16.4 Å². The van der Waals surface area contributed by atoms with E-state index in [0.717, 1.165) is 12.1 Å². The number of nitrogens with one attached hydrogen (secondary N) is 2. The molecular formula is C20H20N4OS. The molecule has 0 unspecified atom stereocenters. The van der Waals surface area contributed by atoms with E-state index in [1.165, 1.54) is 33.8 Å². The monoisotopic (exact) mass is 364 g/mol. The predicted molar refractivity (Wildman–Crippen MR) is 109 cm³/mol. The number of aromatic amines is 1. The van der Waals surface area contributed by atoms with E-state index in [9.17, 15) is 4.79 Å². The minimum Gasteiger partial charge on any atom is -0.383 e. The fourth-order valence-electron chi connectivity index (χ4n) is 3.32. The summed E-state index contributed by atoms with van der Waals surface area (Å²) in [5.41, 5.74) is 12.4. The second-order valence-corrected chi connectivity index (χ2v) is 7.49. The SMILES string of the molecule is CC(C)N=C(N)c1c(Nc2ccc3c(c2)Cc2ccccc2-3)s[nH]c1=O. The first-order valence-electron chi connectivity index (χ1n) is 8.56. The Hall–Kier alpha value is -2.86.